The van der Waals surface area contributed by atoms with E-state index in [1.54, 1.807) is 0 Å². The molecule has 2 heterocycles. The van der Waals surface area contributed by atoms with Crippen molar-refractivity contribution in [1.29, 1.82) is 0 Å². The number of hydrogen-bond acceptors (Lipinski definition) is 4. The largest absolute Gasteiger partial charge is 0.228 e. The molecule has 56 heavy (non-hydrogen) atoms. The molecule has 4 nitrogen and oxygen atoms in total. The van der Waals surface area contributed by atoms with E-state index < -0.39 is 0 Å². The number of nitrogens with zero attached hydrogens (tertiary/aromatic N) is 4. The Balaban J connectivity index is 1.05. The Hall–Kier alpha value is -7.30. The molecule has 0 aliphatic heterocycles. The van der Waals surface area contributed by atoms with Crippen molar-refractivity contribution in [3.05, 3.63) is 228 Å². The van der Waals surface area contributed by atoms with E-state index in [1.165, 1.54) is 33.4 Å². The van der Waals surface area contributed by atoms with Gasteiger partial charge in [-0.15, -0.1) is 0 Å². The van der Waals surface area contributed by atoms with Crippen LogP contribution in [0.5, 0.6) is 0 Å². The van der Waals surface area contributed by atoms with Crippen LogP contribution in [0.3, 0.4) is 0 Å². The average molecular weight is 715 g/mol. The Morgan fingerprint density at radius 1 is 0.232 bits per heavy atom. The summed E-state index contributed by atoms with van der Waals surface area (Å²) in [6.45, 7) is 0. The van der Waals surface area contributed by atoms with E-state index in [2.05, 4.69) is 146 Å². The Labute approximate surface area is 325 Å². The second-order valence-electron chi connectivity index (χ2n) is 14.6. The van der Waals surface area contributed by atoms with E-state index in [-0.39, 0.29) is 11.8 Å². The predicted molar refractivity (Wildman–Crippen MR) is 225 cm³/mol. The van der Waals surface area contributed by atoms with Crippen LogP contribution in [-0.4, -0.2) is 19.9 Å². The monoisotopic (exact) mass is 714 g/mol. The van der Waals surface area contributed by atoms with Crippen LogP contribution in [0.2, 0.25) is 0 Å². The third-order valence-corrected chi connectivity index (χ3v) is 11.3. The quantitative estimate of drug-likeness (QED) is 0.172. The highest BCUT2D eigenvalue weighted by atomic mass is 14.9. The predicted octanol–water partition coefficient (Wildman–Crippen LogP) is 12.3. The molecule has 2 atom stereocenters. The Morgan fingerprint density at radius 2 is 0.536 bits per heavy atom. The topological polar surface area (TPSA) is 51.6 Å². The first kappa shape index (κ1) is 32.2. The van der Waals surface area contributed by atoms with Gasteiger partial charge in [-0.1, -0.05) is 170 Å². The molecular weight excluding hydrogens is 681 g/mol. The first-order valence-corrected chi connectivity index (χ1v) is 19.1. The minimum absolute atomic E-state index is 0.101. The maximum absolute atomic E-state index is 5.18. The summed E-state index contributed by atoms with van der Waals surface area (Å²) in [4.78, 5) is 20.4. The van der Waals surface area contributed by atoms with E-state index in [0.29, 0.717) is 0 Å². The van der Waals surface area contributed by atoms with Crippen LogP contribution >= 0.6 is 0 Å². The molecule has 12 rings (SSSR count). The number of benzene rings is 7. The third kappa shape index (κ3) is 5.46. The summed E-state index contributed by atoms with van der Waals surface area (Å²) in [6, 6.07) is 68.5. The fraction of sp³-hybridized carbons (Fsp3) is 0.0385. The van der Waals surface area contributed by atoms with Gasteiger partial charge < -0.3 is 0 Å². The average Bonchev–Trinajstić information content (AvgIpc) is 3.29. The molecule has 262 valence electrons. The van der Waals surface area contributed by atoms with E-state index in [9.17, 15) is 0 Å². The summed E-state index contributed by atoms with van der Waals surface area (Å²) in [5.41, 5.74) is 18.1. The highest BCUT2D eigenvalue weighted by molar-refractivity contribution is 5.78. The normalized spacial score (nSPS) is 14.8. The minimum Gasteiger partial charge on any atom is -0.228 e. The van der Waals surface area contributed by atoms with Gasteiger partial charge in [0.2, 0.25) is 0 Å². The van der Waals surface area contributed by atoms with Gasteiger partial charge in [0.1, 0.15) is 0 Å². The molecule has 0 radical (unpaired) electrons. The lowest BCUT2D eigenvalue weighted by Gasteiger charge is -2.42. The van der Waals surface area contributed by atoms with Gasteiger partial charge in [0.25, 0.3) is 0 Å². The fourth-order valence-corrected chi connectivity index (χ4v) is 8.67. The maximum atomic E-state index is 5.18. The summed E-state index contributed by atoms with van der Waals surface area (Å²) < 4.78 is 0. The van der Waals surface area contributed by atoms with Gasteiger partial charge in [-0.3, -0.25) is 0 Å². The fourth-order valence-electron chi connectivity index (χ4n) is 8.67. The highest BCUT2D eigenvalue weighted by Gasteiger charge is 2.41. The molecule has 9 aromatic rings. The van der Waals surface area contributed by atoms with Gasteiger partial charge in [0.15, 0.2) is 11.6 Å². The number of rotatable bonds is 6. The molecule has 7 aromatic carbocycles. The van der Waals surface area contributed by atoms with Crippen LogP contribution in [0.4, 0.5) is 0 Å². The molecule has 0 N–H and O–H groups in total. The second-order valence-corrected chi connectivity index (χ2v) is 14.6. The molecule has 3 aliphatic carbocycles. The van der Waals surface area contributed by atoms with Crippen molar-refractivity contribution in [3.8, 4) is 67.8 Å². The summed E-state index contributed by atoms with van der Waals surface area (Å²) >= 11 is 0. The van der Waals surface area contributed by atoms with E-state index in [0.717, 1.165) is 67.8 Å². The molecule has 0 fully saturated rings. The van der Waals surface area contributed by atoms with Crippen molar-refractivity contribution >= 4 is 0 Å². The van der Waals surface area contributed by atoms with Crippen molar-refractivity contribution in [2.24, 2.45) is 0 Å². The van der Waals surface area contributed by atoms with Crippen LogP contribution in [0, 0.1) is 0 Å². The van der Waals surface area contributed by atoms with E-state index in [4.69, 9.17) is 19.9 Å². The van der Waals surface area contributed by atoms with Gasteiger partial charge in [-0.2, -0.15) is 0 Å². The van der Waals surface area contributed by atoms with Crippen LogP contribution in [0.15, 0.2) is 194 Å². The van der Waals surface area contributed by atoms with Crippen molar-refractivity contribution in [2.75, 3.05) is 0 Å². The molecular formula is C52H34N4. The molecule has 2 aromatic heterocycles. The van der Waals surface area contributed by atoms with Crippen molar-refractivity contribution in [3.63, 3.8) is 0 Å². The molecule has 4 heteroatoms. The maximum Gasteiger partial charge on any atom is 0.160 e. The molecule has 0 amide bonds. The first-order chi connectivity index (χ1) is 27.7. The molecule has 2 bridgehead atoms. The lowest BCUT2D eigenvalue weighted by atomic mass is 9.60. The first-order valence-electron chi connectivity index (χ1n) is 19.1. The summed E-state index contributed by atoms with van der Waals surface area (Å²) in [5, 5.41) is 0. The van der Waals surface area contributed by atoms with E-state index >= 15 is 0 Å². The second kappa shape index (κ2) is 13.2. The summed E-state index contributed by atoms with van der Waals surface area (Å²) in [6.07, 6.45) is 0. The molecule has 0 spiro atoms. The Bertz CT molecular complexity index is 2590. The molecule has 3 aliphatic rings. The Kier molecular flexibility index (Phi) is 7.59. The van der Waals surface area contributed by atoms with Crippen molar-refractivity contribution in [2.45, 2.75) is 11.8 Å². The minimum atomic E-state index is 0.101. The summed E-state index contributed by atoms with van der Waals surface area (Å²) in [5.74, 6) is 1.65. The SMILES string of the molecule is c1ccc(-c2cc(-c3ccc4c(c3)C3c5ccccc5C4c4cc(-c5cc(-c6ccccc6)nc(-c6ccccc6)n5)ccc43)nc(-c3ccccc3)n2)cc1. The zero-order valence-corrected chi connectivity index (χ0v) is 30.4. The van der Waals surface area contributed by atoms with Gasteiger partial charge in [0, 0.05) is 45.2 Å². The third-order valence-electron chi connectivity index (χ3n) is 11.3. The van der Waals surface area contributed by atoms with Gasteiger partial charge in [-0.25, -0.2) is 19.9 Å². The van der Waals surface area contributed by atoms with Crippen molar-refractivity contribution < 1.29 is 0 Å². The Morgan fingerprint density at radius 3 is 0.911 bits per heavy atom. The van der Waals surface area contributed by atoms with Crippen molar-refractivity contribution in [1.82, 2.24) is 19.9 Å². The lowest BCUT2D eigenvalue weighted by Crippen LogP contribution is -2.27. The molecule has 0 saturated carbocycles. The smallest absolute Gasteiger partial charge is 0.160 e. The molecule has 2 unspecified atom stereocenters. The molecule has 0 saturated heterocycles. The zero-order valence-electron chi connectivity index (χ0n) is 30.4. The van der Waals surface area contributed by atoms with Gasteiger partial charge >= 0.3 is 0 Å². The van der Waals surface area contributed by atoms with E-state index in [1.807, 2.05) is 48.5 Å². The van der Waals surface area contributed by atoms with Gasteiger partial charge in [-0.05, 0) is 57.6 Å². The van der Waals surface area contributed by atoms with Crippen LogP contribution < -0.4 is 0 Å². The van der Waals surface area contributed by atoms with Crippen LogP contribution in [0.1, 0.15) is 45.2 Å². The summed E-state index contributed by atoms with van der Waals surface area (Å²) in [7, 11) is 0. The van der Waals surface area contributed by atoms with Crippen LogP contribution in [0.25, 0.3) is 67.8 Å². The van der Waals surface area contributed by atoms with Gasteiger partial charge in [0.05, 0.1) is 22.8 Å². The highest BCUT2D eigenvalue weighted by Crippen LogP contribution is 2.56. The lowest BCUT2D eigenvalue weighted by molar-refractivity contribution is 0.755. The zero-order chi connectivity index (χ0) is 37.0. The standard InChI is InChI=1S/C52H34N4/c1-5-15-33(16-6-1)45-31-47(55-51(53-45)35-19-9-3-10-20-35)37-25-27-41-43(29-37)49-39-23-13-14-24-40(39)50(41)44-30-38(26-28-42(44)49)48-32-46(34-17-7-2-8-18-34)54-52(56-48)36-21-11-4-12-22-36/h1-32,49-50H. The number of hydrogen-bond donors (Lipinski definition) is 0. The van der Waals surface area contributed by atoms with Crippen LogP contribution in [-0.2, 0) is 0 Å². The number of aromatic nitrogens is 4.